The second-order valence-corrected chi connectivity index (χ2v) is 7.55. The molecule has 0 atom stereocenters. The maximum atomic E-state index is 5.97. The quantitative estimate of drug-likeness (QED) is 0.272. The fourth-order valence-electron chi connectivity index (χ4n) is 3.70. The molecule has 2 aromatic heterocycles. The summed E-state index contributed by atoms with van der Waals surface area (Å²) in [6, 6.07) is 29.5. The molecule has 0 fully saturated rings. The van der Waals surface area contributed by atoms with Gasteiger partial charge in [0.2, 0.25) is 0 Å². The van der Waals surface area contributed by atoms with Gasteiger partial charge >= 0.3 is 6.17 Å². The molecular formula is C28H30N2O2+2. The number of benzene rings is 2. The van der Waals surface area contributed by atoms with E-state index < -0.39 is 0 Å². The van der Waals surface area contributed by atoms with Crippen LogP contribution in [0, 0.1) is 0 Å². The van der Waals surface area contributed by atoms with Gasteiger partial charge in [0.15, 0.2) is 31.4 Å². The molecule has 0 spiro atoms. The van der Waals surface area contributed by atoms with Crippen LogP contribution in [0.5, 0.6) is 0 Å². The van der Waals surface area contributed by atoms with E-state index in [-0.39, 0.29) is 6.17 Å². The highest BCUT2D eigenvalue weighted by Crippen LogP contribution is 2.18. The minimum atomic E-state index is 0.00581. The van der Waals surface area contributed by atoms with Gasteiger partial charge in [-0.05, 0) is 29.2 Å². The lowest BCUT2D eigenvalue weighted by Gasteiger charge is -2.10. The first-order valence-corrected chi connectivity index (χ1v) is 11.1. The number of aromatic nitrogens is 2. The summed E-state index contributed by atoms with van der Waals surface area (Å²) < 4.78 is 15.8. The lowest BCUT2D eigenvalue weighted by molar-refractivity contribution is -0.945. The summed E-state index contributed by atoms with van der Waals surface area (Å²) in [6.45, 7) is 4.45. The topological polar surface area (TPSA) is 26.2 Å². The van der Waals surface area contributed by atoms with Crippen molar-refractivity contribution >= 4 is 0 Å². The monoisotopic (exact) mass is 426 g/mol. The van der Waals surface area contributed by atoms with Crippen LogP contribution < -0.4 is 9.13 Å². The van der Waals surface area contributed by atoms with Crippen molar-refractivity contribution in [2.24, 2.45) is 0 Å². The molecule has 0 saturated carbocycles. The van der Waals surface area contributed by atoms with Crippen LogP contribution in [0.3, 0.4) is 0 Å². The molecule has 2 heterocycles. The van der Waals surface area contributed by atoms with E-state index in [1.807, 2.05) is 19.1 Å². The van der Waals surface area contributed by atoms with Gasteiger partial charge in [-0.25, -0.2) is 0 Å². The van der Waals surface area contributed by atoms with E-state index in [1.165, 1.54) is 22.3 Å². The Bertz CT molecular complexity index is 983. The molecule has 2 aromatic carbocycles. The lowest BCUT2D eigenvalue weighted by atomic mass is 10.1. The van der Waals surface area contributed by atoms with Gasteiger partial charge in [-0.15, -0.1) is 9.13 Å². The average molecular weight is 427 g/mol. The van der Waals surface area contributed by atoms with Crippen LogP contribution in [0.25, 0.3) is 22.3 Å². The van der Waals surface area contributed by atoms with Gasteiger partial charge in [0, 0.05) is 30.9 Å². The smallest absolute Gasteiger partial charge is 0.375 e. The number of pyridine rings is 2. The second kappa shape index (κ2) is 11.3. The predicted molar refractivity (Wildman–Crippen MR) is 126 cm³/mol. The summed E-state index contributed by atoms with van der Waals surface area (Å²) in [7, 11) is 0. The van der Waals surface area contributed by atoms with Gasteiger partial charge in [-0.3, -0.25) is 0 Å². The van der Waals surface area contributed by atoms with Crippen molar-refractivity contribution < 1.29 is 18.6 Å². The Balaban J connectivity index is 1.55. The summed E-state index contributed by atoms with van der Waals surface area (Å²) in [4.78, 5) is 0. The number of ether oxygens (including phenoxy) is 2. The average Bonchev–Trinajstić information content (AvgIpc) is 2.88. The first kappa shape index (κ1) is 21.9. The fraction of sp³-hybridized carbons (Fsp3) is 0.214. The van der Waals surface area contributed by atoms with Gasteiger partial charge in [0.25, 0.3) is 0 Å². The Morgan fingerprint density at radius 1 is 0.562 bits per heavy atom. The van der Waals surface area contributed by atoms with Crippen LogP contribution in [-0.4, -0.2) is 26.4 Å². The summed E-state index contributed by atoms with van der Waals surface area (Å²) in [5.74, 6) is 0. The van der Waals surface area contributed by atoms with Crippen molar-refractivity contribution in [2.75, 3.05) is 26.4 Å². The first-order chi connectivity index (χ1) is 15.8. The largest absolute Gasteiger partial charge is 0.379 e. The third-order valence-electron chi connectivity index (χ3n) is 5.45. The third kappa shape index (κ3) is 5.67. The molecule has 0 saturated heterocycles. The zero-order valence-electron chi connectivity index (χ0n) is 18.5. The van der Waals surface area contributed by atoms with Gasteiger partial charge in [0.1, 0.15) is 0 Å². The summed E-state index contributed by atoms with van der Waals surface area (Å²) >= 11 is 0. The van der Waals surface area contributed by atoms with E-state index in [9.17, 15) is 0 Å². The zero-order chi connectivity index (χ0) is 22.0. The van der Waals surface area contributed by atoms with Crippen molar-refractivity contribution in [3.8, 4) is 22.3 Å². The van der Waals surface area contributed by atoms with E-state index in [2.05, 4.69) is 107 Å². The van der Waals surface area contributed by atoms with Gasteiger partial charge in [-0.2, -0.15) is 0 Å². The highest BCUT2D eigenvalue weighted by atomic mass is 16.5. The lowest BCUT2D eigenvalue weighted by Crippen LogP contribution is -2.58. The van der Waals surface area contributed by atoms with E-state index in [4.69, 9.17) is 9.47 Å². The Morgan fingerprint density at radius 2 is 0.969 bits per heavy atom. The SMILES string of the molecule is CCOCCOCC([n+]1ccc(-c2ccccc2)cc1)[n+]1ccc(-c2ccccc2)cc1. The molecular weight excluding hydrogens is 396 g/mol. The Hall–Kier alpha value is -3.34. The molecule has 0 aliphatic rings. The van der Waals surface area contributed by atoms with E-state index in [0.717, 1.165) is 0 Å². The van der Waals surface area contributed by atoms with Gasteiger partial charge < -0.3 is 9.47 Å². The number of nitrogens with zero attached hydrogens (tertiary/aromatic N) is 2. The molecule has 4 aromatic rings. The van der Waals surface area contributed by atoms with Gasteiger partial charge in [-0.1, -0.05) is 60.7 Å². The molecule has 0 bridgehead atoms. The van der Waals surface area contributed by atoms with Crippen molar-refractivity contribution in [2.45, 2.75) is 13.1 Å². The molecule has 0 N–H and O–H groups in total. The van der Waals surface area contributed by atoms with Crippen molar-refractivity contribution in [1.29, 1.82) is 0 Å². The van der Waals surface area contributed by atoms with Crippen LogP contribution in [0.1, 0.15) is 13.1 Å². The highest BCUT2D eigenvalue weighted by Gasteiger charge is 2.28. The van der Waals surface area contributed by atoms with Crippen molar-refractivity contribution in [3.63, 3.8) is 0 Å². The number of rotatable bonds is 10. The van der Waals surface area contributed by atoms with Crippen LogP contribution in [-0.2, 0) is 9.47 Å². The molecule has 0 unspecified atom stereocenters. The zero-order valence-corrected chi connectivity index (χ0v) is 18.5. The predicted octanol–water partition coefficient (Wildman–Crippen LogP) is 4.70. The Morgan fingerprint density at radius 3 is 1.41 bits per heavy atom. The second-order valence-electron chi connectivity index (χ2n) is 7.55. The van der Waals surface area contributed by atoms with Crippen molar-refractivity contribution in [3.05, 3.63) is 110 Å². The van der Waals surface area contributed by atoms with E-state index >= 15 is 0 Å². The molecule has 0 aliphatic carbocycles. The van der Waals surface area contributed by atoms with Crippen LogP contribution in [0.4, 0.5) is 0 Å². The molecule has 4 rings (SSSR count). The summed E-state index contributed by atoms with van der Waals surface area (Å²) in [6.07, 6.45) is 8.49. The van der Waals surface area contributed by atoms with E-state index in [0.29, 0.717) is 26.4 Å². The minimum absolute atomic E-state index is 0.00581. The van der Waals surface area contributed by atoms with Crippen LogP contribution in [0.15, 0.2) is 110 Å². The summed E-state index contributed by atoms with van der Waals surface area (Å²) in [5.41, 5.74) is 4.82. The first-order valence-electron chi connectivity index (χ1n) is 11.1. The Labute approximate surface area is 190 Å². The fourth-order valence-corrected chi connectivity index (χ4v) is 3.70. The molecule has 162 valence electrons. The summed E-state index contributed by atoms with van der Waals surface area (Å²) in [5, 5.41) is 0. The maximum absolute atomic E-state index is 5.97. The van der Waals surface area contributed by atoms with Crippen LogP contribution in [0.2, 0.25) is 0 Å². The molecule has 0 radical (unpaired) electrons. The number of hydrogen-bond acceptors (Lipinski definition) is 2. The molecule has 32 heavy (non-hydrogen) atoms. The van der Waals surface area contributed by atoms with Gasteiger partial charge in [0.05, 0.1) is 13.2 Å². The molecule has 4 heteroatoms. The molecule has 0 amide bonds. The highest BCUT2D eigenvalue weighted by molar-refractivity contribution is 5.62. The maximum Gasteiger partial charge on any atom is 0.375 e. The number of hydrogen-bond donors (Lipinski definition) is 0. The normalized spacial score (nSPS) is 11.1. The van der Waals surface area contributed by atoms with Crippen LogP contribution >= 0.6 is 0 Å². The molecule has 4 nitrogen and oxygen atoms in total. The van der Waals surface area contributed by atoms with Crippen molar-refractivity contribution in [1.82, 2.24) is 0 Å². The molecule has 0 aliphatic heterocycles. The standard InChI is InChI=1S/C28H30N2O2/c1-2-31-21-22-32-23-28(29-17-13-26(14-18-29)24-9-5-3-6-10-24)30-19-15-27(16-20-30)25-11-7-4-8-12-25/h3-20,28H,2,21-23H2,1H3/q+2. The minimum Gasteiger partial charge on any atom is -0.379 e. The van der Waals surface area contributed by atoms with E-state index in [1.54, 1.807) is 0 Å². The Kier molecular flexibility index (Phi) is 7.74. The third-order valence-corrected chi connectivity index (χ3v) is 5.45.